The Balaban J connectivity index is 1.17. The van der Waals surface area contributed by atoms with Crippen molar-refractivity contribution in [3.63, 3.8) is 0 Å². The van der Waals surface area contributed by atoms with Gasteiger partial charge < -0.3 is 10.1 Å². The fourth-order valence-corrected chi connectivity index (χ4v) is 5.00. The molecule has 0 bridgehead atoms. The number of carbonyl (C=O) groups excluding carboxylic acids is 1. The largest absolute Gasteiger partial charge is 0.497 e. The zero-order valence-corrected chi connectivity index (χ0v) is 19.4. The molecule has 1 amide bonds. The van der Waals surface area contributed by atoms with E-state index in [-0.39, 0.29) is 11.9 Å². The van der Waals surface area contributed by atoms with Gasteiger partial charge in [-0.25, -0.2) is 0 Å². The molecule has 1 saturated carbocycles. The predicted molar refractivity (Wildman–Crippen MR) is 131 cm³/mol. The third-order valence-electron chi connectivity index (χ3n) is 6.99. The van der Waals surface area contributed by atoms with Gasteiger partial charge in [0, 0.05) is 25.2 Å². The van der Waals surface area contributed by atoms with E-state index in [0.717, 1.165) is 61.7 Å². The summed E-state index contributed by atoms with van der Waals surface area (Å²) in [4.78, 5) is 14.9. The second-order valence-electron chi connectivity index (χ2n) is 9.25. The van der Waals surface area contributed by atoms with Gasteiger partial charge in [-0.15, -0.1) is 0 Å². The summed E-state index contributed by atoms with van der Waals surface area (Å²) in [6.07, 6.45) is 10.2. The van der Waals surface area contributed by atoms with Crippen LogP contribution in [0.15, 0.2) is 48.5 Å². The summed E-state index contributed by atoms with van der Waals surface area (Å²) in [6.45, 7) is 3.20. The van der Waals surface area contributed by atoms with Crippen LogP contribution in [0.5, 0.6) is 5.75 Å². The van der Waals surface area contributed by atoms with Crippen molar-refractivity contribution >= 4 is 12.0 Å². The van der Waals surface area contributed by atoms with E-state index in [0.29, 0.717) is 0 Å². The number of amides is 1. The lowest BCUT2D eigenvalue weighted by Gasteiger charge is -2.33. The Morgan fingerprint density at radius 3 is 2.82 bits per heavy atom. The average molecular weight is 444 g/mol. The summed E-state index contributed by atoms with van der Waals surface area (Å²) >= 11 is 0. The molecule has 1 aliphatic heterocycles. The van der Waals surface area contributed by atoms with Crippen molar-refractivity contribution in [1.29, 1.82) is 5.26 Å². The number of carbonyl (C=O) groups is 1. The highest BCUT2D eigenvalue weighted by atomic mass is 16.5. The number of ether oxygens (including phenoxy) is 1. The van der Waals surface area contributed by atoms with E-state index in [1.54, 1.807) is 13.2 Å². The van der Waals surface area contributed by atoms with Gasteiger partial charge in [0.2, 0.25) is 5.91 Å². The van der Waals surface area contributed by atoms with Gasteiger partial charge in [0.05, 0.1) is 18.7 Å². The van der Waals surface area contributed by atoms with Crippen LogP contribution in [-0.2, 0) is 17.8 Å². The maximum absolute atomic E-state index is 12.3. The van der Waals surface area contributed by atoms with E-state index in [4.69, 9.17) is 10.00 Å². The maximum atomic E-state index is 12.3. The SMILES string of the molecule is COc1cccc(/C=C/C(=O)NC2CCC(CCN3CCc4cc(C#N)ccc4C3)CC2)c1. The van der Waals surface area contributed by atoms with E-state index >= 15 is 0 Å². The highest BCUT2D eigenvalue weighted by Gasteiger charge is 2.23. The number of methoxy groups -OCH3 is 1. The van der Waals surface area contributed by atoms with Crippen molar-refractivity contribution in [2.75, 3.05) is 20.2 Å². The fourth-order valence-electron chi connectivity index (χ4n) is 5.00. The molecule has 2 aromatic carbocycles. The van der Waals surface area contributed by atoms with Crippen LogP contribution in [-0.4, -0.2) is 37.0 Å². The molecule has 5 nitrogen and oxygen atoms in total. The van der Waals surface area contributed by atoms with E-state index in [9.17, 15) is 4.79 Å². The molecule has 5 heteroatoms. The molecule has 172 valence electrons. The minimum absolute atomic E-state index is 0.0205. The number of nitriles is 1. The Morgan fingerprint density at radius 1 is 1.18 bits per heavy atom. The molecule has 0 aromatic heterocycles. The summed E-state index contributed by atoms with van der Waals surface area (Å²) in [5, 5.41) is 12.3. The van der Waals surface area contributed by atoms with E-state index in [1.807, 2.05) is 42.5 Å². The number of benzene rings is 2. The van der Waals surface area contributed by atoms with Crippen LogP contribution in [0.1, 0.15) is 54.4 Å². The Bertz CT molecular complexity index is 1030. The summed E-state index contributed by atoms with van der Waals surface area (Å²) < 4.78 is 5.23. The van der Waals surface area contributed by atoms with Gasteiger partial charge in [0.25, 0.3) is 0 Å². The quantitative estimate of drug-likeness (QED) is 0.630. The van der Waals surface area contributed by atoms with Crippen molar-refractivity contribution in [2.24, 2.45) is 5.92 Å². The molecule has 2 aliphatic rings. The molecule has 4 rings (SSSR count). The lowest BCUT2D eigenvalue weighted by atomic mass is 9.84. The van der Waals surface area contributed by atoms with Crippen LogP contribution in [0.4, 0.5) is 0 Å². The number of nitrogens with one attached hydrogen (secondary N) is 1. The first kappa shape index (κ1) is 23.1. The maximum Gasteiger partial charge on any atom is 0.244 e. The van der Waals surface area contributed by atoms with Crippen LogP contribution in [0, 0.1) is 17.2 Å². The highest BCUT2D eigenvalue weighted by molar-refractivity contribution is 5.91. The van der Waals surface area contributed by atoms with Crippen molar-refractivity contribution in [3.05, 3.63) is 70.8 Å². The lowest BCUT2D eigenvalue weighted by molar-refractivity contribution is -0.117. The summed E-state index contributed by atoms with van der Waals surface area (Å²) in [6, 6.07) is 16.3. The molecule has 0 spiro atoms. The predicted octanol–water partition coefficient (Wildman–Crippen LogP) is 4.70. The molecule has 1 fully saturated rings. The standard InChI is InChI=1S/C28H33N3O2/c1-33-27-4-2-3-22(18-27)8-12-28(32)30-26-10-6-21(7-11-26)13-15-31-16-14-24-17-23(19-29)5-9-25(24)20-31/h2-5,8-9,12,17-18,21,26H,6-7,10-11,13-16,20H2,1H3,(H,30,32)/b12-8+. The number of fused-ring (bicyclic) bond motifs is 1. The molecular formula is C28H33N3O2. The average Bonchev–Trinajstić information content (AvgIpc) is 2.86. The first-order chi connectivity index (χ1) is 16.1. The third kappa shape index (κ3) is 6.46. The Kier molecular flexibility index (Phi) is 7.80. The van der Waals surface area contributed by atoms with E-state index < -0.39 is 0 Å². The van der Waals surface area contributed by atoms with E-state index in [2.05, 4.69) is 22.4 Å². The van der Waals surface area contributed by atoms with Crippen LogP contribution in [0.3, 0.4) is 0 Å². The smallest absolute Gasteiger partial charge is 0.244 e. The van der Waals surface area contributed by atoms with Crippen molar-refractivity contribution in [3.8, 4) is 11.8 Å². The van der Waals surface area contributed by atoms with Crippen LogP contribution in [0.2, 0.25) is 0 Å². The van der Waals surface area contributed by atoms with Gasteiger partial charge in [-0.2, -0.15) is 5.26 Å². The fraction of sp³-hybridized carbons (Fsp3) is 0.429. The molecular weight excluding hydrogens is 410 g/mol. The minimum Gasteiger partial charge on any atom is -0.497 e. The number of hydrogen-bond donors (Lipinski definition) is 1. The number of rotatable bonds is 7. The Morgan fingerprint density at radius 2 is 2.03 bits per heavy atom. The summed E-state index contributed by atoms with van der Waals surface area (Å²) in [5.74, 6) is 1.51. The normalized spacial score (nSPS) is 20.7. The van der Waals surface area contributed by atoms with Gasteiger partial charge in [-0.3, -0.25) is 9.69 Å². The first-order valence-corrected chi connectivity index (χ1v) is 12.0. The van der Waals surface area contributed by atoms with Crippen LogP contribution in [0.25, 0.3) is 6.08 Å². The van der Waals surface area contributed by atoms with Gasteiger partial charge in [0.1, 0.15) is 5.75 Å². The summed E-state index contributed by atoms with van der Waals surface area (Å²) in [7, 11) is 1.64. The molecule has 0 atom stereocenters. The zero-order chi connectivity index (χ0) is 23.0. The topological polar surface area (TPSA) is 65.4 Å². The third-order valence-corrected chi connectivity index (χ3v) is 6.99. The van der Waals surface area contributed by atoms with Gasteiger partial charge in [-0.1, -0.05) is 18.2 Å². The van der Waals surface area contributed by atoms with Gasteiger partial charge >= 0.3 is 0 Å². The first-order valence-electron chi connectivity index (χ1n) is 12.0. The molecule has 0 radical (unpaired) electrons. The van der Waals surface area contributed by atoms with Crippen LogP contribution >= 0.6 is 0 Å². The Labute approximate surface area is 197 Å². The van der Waals surface area contributed by atoms with Crippen molar-refractivity contribution < 1.29 is 9.53 Å². The second-order valence-corrected chi connectivity index (χ2v) is 9.25. The van der Waals surface area contributed by atoms with E-state index in [1.165, 1.54) is 30.4 Å². The number of hydrogen-bond acceptors (Lipinski definition) is 4. The second kappa shape index (κ2) is 11.2. The van der Waals surface area contributed by atoms with Crippen molar-refractivity contribution in [1.82, 2.24) is 10.2 Å². The molecule has 0 unspecified atom stereocenters. The molecule has 1 aliphatic carbocycles. The van der Waals surface area contributed by atoms with Gasteiger partial charge in [0.15, 0.2) is 0 Å². The highest BCUT2D eigenvalue weighted by Crippen LogP contribution is 2.28. The van der Waals surface area contributed by atoms with Crippen LogP contribution < -0.4 is 10.1 Å². The molecule has 0 saturated heterocycles. The molecule has 1 N–H and O–H groups in total. The molecule has 1 heterocycles. The monoisotopic (exact) mass is 443 g/mol. The van der Waals surface area contributed by atoms with Gasteiger partial charge in [-0.05, 0) is 98.0 Å². The minimum atomic E-state index is -0.0205. The van der Waals surface area contributed by atoms with Crippen molar-refractivity contribution in [2.45, 2.75) is 51.1 Å². The summed E-state index contributed by atoms with van der Waals surface area (Å²) in [5.41, 5.74) is 4.43. The molecule has 2 aromatic rings. The number of nitrogens with zero attached hydrogens (tertiary/aromatic N) is 2. The Hall–Kier alpha value is -3.10. The molecule has 33 heavy (non-hydrogen) atoms. The zero-order valence-electron chi connectivity index (χ0n) is 19.4. The lowest BCUT2D eigenvalue weighted by Crippen LogP contribution is -2.37.